The average molecular weight is 452 g/mol. The Bertz CT molecular complexity index is 1800. The molecule has 0 amide bonds. The molecule has 0 heterocycles. The van der Waals surface area contributed by atoms with Crippen LogP contribution in [0.4, 0.5) is 0 Å². The minimum absolute atomic E-state index is 0.0798. The Morgan fingerprint density at radius 3 is 1.91 bits per heavy atom. The molecule has 1 aliphatic carbocycles. The molecule has 1 aliphatic rings. The molecule has 0 fully saturated rings. The van der Waals surface area contributed by atoms with E-state index in [9.17, 15) is 9.59 Å². The van der Waals surface area contributed by atoms with Crippen molar-refractivity contribution in [2.24, 2.45) is 0 Å². The Labute approximate surface area is 202 Å². The van der Waals surface area contributed by atoms with Gasteiger partial charge in [0.25, 0.3) is 0 Å². The number of rotatable bonds is 4. The minimum Gasteiger partial charge on any atom is -0.309 e. The van der Waals surface area contributed by atoms with Crippen molar-refractivity contribution in [2.45, 2.75) is 13.1 Å². The van der Waals surface area contributed by atoms with Gasteiger partial charge in [0, 0.05) is 35.3 Å². The summed E-state index contributed by atoms with van der Waals surface area (Å²) in [6.07, 6.45) is 0. The highest BCUT2D eigenvalue weighted by molar-refractivity contribution is 6.28. The van der Waals surface area contributed by atoms with E-state index in [0.29, 0.717) is 35.3 Å². The fourth-order valence-corrected chi connectivity index (χ4v) is 5.55. The van der Waals surface area contributed by atoms with E-state index in [1.165, 1.54) is 37.9 Å². The highest BCUT2D eigenvalue weighted by atomic mass is 16.1. The SMILES string of the molecule is O=C1c2ccccc2C(=O)c2cc(CNCc3ccc4ccc5cccc6ccc3c4c56)ccc21. The van der Waals surface area contributed by atoms with Gasteiger partial charge in [-0.15, -0.1) is 0 Å². The molecule has 0 spiro atoms. The van der Waals surface area contributed by atoms with E-state index < -0.39 is 0 Å². The molecular formula is C32H21NO2. The normalized spacial score (nSPS) is 13.0. The van der Waals surface area contributed by atoms with Crippen molar-refractivity contribution in [1.82, 2.24) is 5.32 Å². The zero-order valence-electron chi connectivity index (χ0n) is 19.0. The zero-order chi connectivity index (χ0) is 23.5. The molecule has 3 heteroatoms. The molecule has 6 aromatic rings. The Morgan fingerprint density at radius 2 is 1.14 bits per heavy atom. The molecule has 0 bridgehead atoms. The highest BCUT2D eigenvalue weighted by Crippen LogP contribution is 2.36. The van der Waals surface area contributed by atoms with Crippen LogP contribution >= 0.6 is 0 Å². The standard InChI is InChI=1S/C32H21NO2/c34-31-25-6-1-2-7-26(25)32(35)28-16-19(8-14-27(28)31)17-33-18-23-12-11-22-10-9-20-4-3-5-21-13-15-24(23)30(22)29(20)21/h1-16,33H,17-18H2. The Balaban J connectivity index is 1.18. The number of hydrogen-bond acceptors (Lipinski definition) is 3. The fraction of sp³-hybridized carbons (Fsp3) is 0.0625. The van der Waals surface area contributed by atoms with Crippen LogP contribution in [0.25, 0.3) is 32.3 Å². The van der Waals surface area contributed by atoms with Crippen LogP contribution in [0.5, 0.6) is 0 Å². The van der Waals surface area contributed by atoms with E-state index in [1.54, 1.807) is 30.3 Å². The van der Waals surface area contributed by atoms with Crippen LogP contribution in [0.1, 0.15) is 43.0 Å². The predicted molar refractivity (Wildman–Crippen MR) is 140 cm³/mol. The van der Waals surface area contributed by atoms with Crippen LogP contribution in [0.15, 0.2) is 97.1 Å². The molecule has 7 rings (SSSR count). The monoisotopic (exact) mass is 451 g/mol. The van der Waals surface area contributed by atoms with Crippen molar-refractivity contribution in [2.75, 3.05) is 0 Å². The van der Waals surface area contributed by atoms with Gasteiger partial charge in [-0.25, -0.2) is 0 Å². The van der Waals surface area contributed by atoms with Crippen LogP contribution in [0.3, 0.4) is 0 Å². The van der Waals surface area contributed by atoms with Gasteiger partial charge < -0.3 is 5.32 Å². The molecule has 0 aliphatic heterocycles. The molecule has 0 saturated heterocycles. The van der Waals surface area contributed by atoms with Gasteiger partial charge in [-0.05, 0) is 55.6 Å². The van der Waals surface area contributed by atoms with Crippen molar-refractivity contribution in [3.8, 4) is 0 Å². The molecule has 166 valence electrons. The smallest absolute Gasteiger partial charge is 0.194 e. The zero-order valence-corrected chi connectivity index (χ0v) is 19.0. The minimum atomic E-state index is -0.0802. The molecule has 6 aromatic carbocycles. The summed E-state index contributed by atoms with van der Waals surface area (Å²) in [5.41, 5.74) is 4.20. The van der Waals surface area contributed by atoms with Gasteiger partial charge in [0.2, 0.25) is 0 Å². The second-order valence-electron chi connectivity index (χ2n) is 9.27. The quantitative estimate of drug-likeness (QED) is 0.305. The van der Waals surface area contributed by atoms with Crippen LogP contribution in [0, 0.1) is 0 Å². The highest BCUT2D eigenvalue weighted by Gasteiger charge is 2.29. The first-order valence-corrected chi connectivity index (χ1v) is 11.9. The molecule has 0 aromatic heterocycles. The molecule has 35 heavy (non-hydrogen) atoms. The van der Waals surface area contributed by atoms with Gasteiger partial charge in [-0.3, -0.25) is 9.59 Å². The molecule has 0 radical (unpaired) electrons. The van der Waals surface area contributed by atoms with Crippen LogP contribution in [0.2, 0.25) is 0 Å². The number of carbonyl (C=O) groups is 2. The number of carbonyl (C=O) groups excluding carboxylic acids is 2. The summed E-state index contributed by atoms with van der Waals surface area (Å²) in [6, 6.07) is 32.3. The number of benzene rings is 6. The summed E-state index contributed by atoms with van der Waals surface area (Å²) in [7, 11) is 0. The lowest BCUT2D eigenvalue weighted by molar-refractivity contribution is 0.0979. The topological polar surface area (TPSA) is 46.2 Å². The number of ketones is 2. The Kier molecular flexibility index (Phi) is 4.35. The maximum absolute atomic E-state index is 13.0. The maximum Gasteiger partial charge on any atom is 0.194 e. The number of nitrogens with one attached hydrogen (secondary N) is 1. The first kappa shape index (κ1) is 20.1. The summed E-state index contributed by atoms with van der Waals surface area (Å²) >= 11 is 0. The number of fused-ring (bicyclic) bond motifs is 2. The van der Waals surface area contributed by atoms with Crippen molar-refractivity contribution >= 4 is 43.9 Å². The van der Waals surface area contributed by atoms with Gasteiger partial charge in [0.15, 0.2) is 11.6 Å². The van der Waals surface area contributed by atoms with Gasteiger partial charge >= 0.3 is 0 Å². The first-order chi connectivity index (χ1) is 17.2. The molecular weight excluding hydrogens is 430 g/mol. The third kappa shape index (κ3) is 3.02. The van der Waals surface area contributed by atoms with E-state index >= 15 is 0 Å². The van der Waals surface area contributed by atoms with Crippen molar-refractivity contribution in [3.05, 3.63) is 130 Å². The lowest BCUT2D eigenvalue weighted by Gasteiger charge is -2.18. The summed E-state index contributed by atoms with van der Waals surface area (Å²) in [6.45, 7) is 1.32. The van der Waals surface area contributed by atoms with Gasteiger partial charge in [-0.2, -0.15) is 0 Å². The van der Waals surface area contributed by atoms with Crippen LogP contribution in [-0.4, -0.2) is 11.6 Å². The third-order valence-corrected chi connectivity index (χ3v) is 7.25. The van der Waals surface area contributed by atoms with Gasteiger partial charge in [0.1, 0.15) is 0 Å². The summed E-state index contributed by atoms with van der Waals surface area (Å²) < 4.78 is 0. The van der Waals surface area contributed by atoms with Crippen molar-refractivity contribution < 1.29 is 9.59 Å². The largest absolute Gasteiger partial charge is 0.309 e. The molecule has 0 unspecified atom stereocenters. The second-order valence-corrected chi connectivity index (χ2v) is 9.27. The van der Waals surface area contributed by atoms with E-state index in [0.717, 1.165) is 5.56 Å². The average Bonchev–Trinajstić information content (AvgIpc) is 2.91. The summed E-state index contributed by atoms with van der Waals surface area (Å²) in [5.74, 6) is -0.160. The maximum atomic E-state index is 13.0. The van der Waals surface area contributed by atoms with Crippen molar-refractivity contribution in [1.29, 1.82) is 0 Å². The Hall–Kier alpha value is -4.34. The fourth-order valence-electron chi connectivity index (χ4n) is 5.55. The first-order valence-electron chi connectivity index (χ1n) is 11.9. The van der Waals surface area contributed by atoms with Crippen LogP contribution < -0.4 is 5.32 Å². The lowest BCUT2D eigenvalue weighted by atomic mass is 9.83. The van der Waals surface area contributed by atoms with Gasteiger partial charge in [0.05, 0.1) is 0 Å². The van der Waals surface area contributed by atoms with Gasteiger partial charge in [-0.1, -0.05) is 84.9 Å². The molecule has 0 atom stereocenters. The second kappa shape index (κ2) is 7.59. The molecule has 0 saturated carbocycles. The van der Waals surface area contributed by atoms with E-state index in [-0.39, 0.29) is 11.6 Å². The summed E-state index contributed by atoms with van der Waals surface area (Å²) in [5, 5.41) is 11.2. The predicted octanol–water partition coefficient (Wildman–Crippen LogP) is 6.65. The number of hydrogen-bond donors (Lipinski definition) is 1. The lowest BCUT2D eigenvalue weighted by Crippen LogP contribution is -2.21. The summed E-state index contributed by atoms with van der Waals surface area (Å²) in [4.78, 5) is 25.9. The van der Waals surface area contributed by atoms with E-state index in [1.807, 2.05) is 12.1 Å². The van der Waals surface area contributed by atoms with Crippen LogP contribution in [-0.2, 0) is 13.1 Å². The van der Waals surface area contributed by atoms with Crippen molar-refractivity contribution in [3.63, 3.8) is 0 Å². The van der Waals surface area contributed by atoms with E-state index in [4.69, 9.17) is 0 Å². The Morgan fingerprint density at radius 1 is 0.514 bits per heavy atom. The van der Waals surface area contributed by atoms with E-state index in [2.05, 4.69) is 59.9 Å². The molecule has 3 nitrogen and oxygen atoms in total. The molecule has 1 N–H and O–H groups in total. The third-order valence-electron chi connectivity index (χ3n) is 7.25.